The van der Waals surface area contributed by atoms with Crippen LogP contribution in [0.4, 0.5) is 0 Å². The molecule has 0 radical (unpaired) electrons. The lowest BCUT2D eigenvalue weighted by molar-refractivity contribution is 0.297. The molecule has 1 aromatic rings. The van der Waals surface area contributed by atoms with Crippen LogP contribution in [0.25, 0.3) is 0 Å². The summed E-state index contributed by atoms with van der Waals surface area (Å²) in [5.74, 6) is 1.85. The normalized spacial score (nSPS) is 18.2. The van der Waals surface area contributed by atoms with Gasteiger partial charge in [0.15, 0.2) is 11.5 Å². The van der Waals surface area contributed by atoms with E-state index >= 15 is 0 Å². The first-order chi connectivity index (χ1) is 9.38. The lowest BCUT2D eigenvalue weighted by atomic mass is 9.89. The molecule has 2 unspecified atom stereocenters. The van der Waals surface area contributed by atoms with Gasteiger partial charge in [0, 0.05) is 29.2 Å². The summed E-state index contributed by atoms with van der Waals surface area (Å²) in [6.07, 6.45) is 0.863. The topological polar surface area (TPSA) is 61.6 Å². The Morgan fingerprint density at radius 2 is 1.90 bits per heavy atom. The maximum Gasteiger partial charge on any atom is 0.162 e. The molecule has 4 nitrogen and oxygen atoms in total. The standard InChI is InChI=1S/C15H23NO3S/c1-15(2,3)14(16)10-20(17)11-5-6-12-13(9-11)19-8-4-7-18-12/h5-6,9,14H,4,7-8,10,16H2,1-3H3. The average Bonchev–Trinajstić information content (AvgIpc) is 2.61. The van der Waals surface area contributed by atoms with Crippen molar-refractivity contribution in [2.75, 3.05) is 19.0 Å². The SMILES string of the molecule is CC(C)(C)C(N)CS(=O)c1ccc2c(c1)OCCCO2. The van der Waals surface area contributed by atoms with Gasteiger partial charge < -0.3 is 15.2 Å². The minimum absolute atomic E-state index is 0.0546. The summed E-state index contributed by atoms with van der Waals surface area (Å²) in [4.78, 5) is 0.744. The predicted molar refractivity (Wildman–Crippen MR) is 80.8 cm³/mol. The van der Waals surface area contributed by atoms with Gasteiger partial charge in [0.2, 0.25) is 0 Å². The fraction of sp³-hybridized carbons (Fsp3) is 0.600. The molecule has 20 heavy (non-hydrogen) atoms. The quantitative estimate of drug-likeness (QED) is 0.930. The largest absolute Gasteiger partial charge is 0.490 e. The van der Waals surface area contributed by atoms with Gasteiger partial charge in [-0.15, -0.1) is 0 Å². The summed E-state index contributed by atoms with van der Waals surface area (Å²) in [7, 11) is -1.12. The van der Waals surface area contributed by atoms with E-state index in [2.05, 4.69) is 20.8 Å². The molecule has 0 saturated heterocycles. The Balaban J connectivity index is 2.13. The summed E-state index contributed by atoms with van der Waals surface area (Å²) in [6.45, 7) is 7.46. The van der Waals surface area contributed by atoms with Crippen LogP contribution < -0.4 is 15.2 Å². The number of nitrogens with two attached hydrogens (primary N) is 1. The number of ether oxygens (including phenoxy) is 2. The monoisotopic (exact) mass is 297 g/mol. The highest BCUT2D eigenvalue weighted by Crippen LogP contribution is 2.32. The number of fused-ring (bicyclic) bond motifs is 1. The predicted octanol–water partition coefficient (Wildman–Crippen LogP) is 2.33. The highest BCUT2D eigenvalue weighted by molar-refractivity contribution is 7.85. The maximum absolute atomic E-state index is 12.4. The molecule has 1 aliphatic heterocycles. The molecule has 0 spiro atoms. The van der Waals surface area contributed by atoms with E-state index in [4.69, 9.17) is 15.2 Å². The lowest BCUT2D eigenvalue weighted by Gasteiger charge is -2.26. The van der Waals surface area contributed by atoms with Crippen molar-refractivity contribution in [1.29, 1.82) is 0 Å². The fourth-order valence-electron chi connectivity index (χ4n) is 1.79. The summed E-state index contributed by atoms with van der Waals surface area (Å²) in [5.41, 5.74) is 6.05. The molecule has 0 amide bonds. The highest BCUT2D eigenvalue weighted by Gasteiger charge is 2.23. The van der Waals surface area contributed by atoms with Crippen LogP contribution in [0.15, 0.2) is 23.1 Å². The van der Waals surface area contributed by atoms with Crippen LogP contribution in [0.5, 0.6) is 11.5 Å². The molecule has 0 aliphatic carbocycles. The van der Waals surface area contributed by atoms with Gasteiger partial charge in [0.05, 0.1) is 24.0 Å². The van der Waals surface area contributed by atoms with Crippen molar-refractivity contribution >= 4 is 10.8 Å². The van der Waals surface area contributed by atoms with Crippen molar-refractivity contribution in [2.45, 2.75) is 38.1 Å². The molecule has 5 heteroatoms. The Kier molecular flexibility index (Phi) is 4.70. The van der Waals surface area contributed by atoms with E-state index in [9.17, 15) is 4.21 Å². The van der Waals surface area contributed by atoms with Crippen molar-refractivity contribution in [2.24, 2.45) is 11.1 Å². The minimum Gasteiger partial charge on any atom is -0.490 e. The molecule has 2 atom stereocenters. The van der Waals surface area contributed by atoms with Gasteiger partial charge in [-0.05, 0) is 17.5 Å². The Hall–Kier alpha value is -1.07. The molecule has 0 aromatic heterocycles. The molecular weight excluding hydrogens is 274 g/mol. The minimum atomic E-state index is -1.12. The van der Waals surface area contributed by atoms with E-state index in [1.165, 1.54) is 0 Å². The van der Waals surface area contributed by atoms with Gasteiger partial charge in [-0.3, -0.25) is 4.21 Å². The van der Waals surface area contributed by atoms with Gasteiger partial charge in [-0.1, -0.05) is 20.8 Å². The molecular formula is C15H23NO3S. The van der Waals surface area contributed by atoms with E-state index in [0.717, 1.165) is 17.1 Å². The first kappa shape index (κ1) is 15.3. The smallest absolute Gasteiger partial charge is 0.162 e. The zero-order valence-electron chi connectivity index (χ0n) is 12.3. The second-order valence-electron chi connectivity index (χ2n) is 6.14. The highest BCUT2D eigenvalue weighted by atomic mass is 32.2. The van der Waals surface area contributed by atoms with Gasteiger partial charge in [0.25, 0.3) is 0 Å². The van der Waals surface area contributed by atoms with Crippen LogP contribution in [0.1, 0.15) is 27.2 Å². The molecule has 2 rings (SSSR count). The van der Waals surface area contributed by atoms with Crippen LogP contribution in [-0.2, 0) is 10.8 Å². The number of hydrogen-bond acceptors (Lipinski definition) is 4. The molecule has 2 N–H and O–H groups in total. The van der Waals surface area contributed by atoms with Gasteiger partial charge in [0.1, 0.15) is 0 Å². The third-order valence-electron chi connectivity index (χ3n) is 3.43. The Bertz CT molecular complexity index is 496. The second kappa shape index (κ2) is 6.14. The van der Waals surface area contributed by atoms with Crippen molar-refractivity contribution < 1.29 is 13.7 Å². The van der Waals surface area contributed by atoms with Crippen LogP contribution in [0.2, 0.25) is 0 Å². The molecule has 0 bridgehead atoms. The fourth-order valence-corrected chi connectivity index (χ4v) is 3.27. The van der Waals surface area contributed by atoms with Gasteiger partial charge in [-0.2, -0.15) is 0 Å². The number of hydrogen-bond donors (Lipinski definition) is 1. The zero-order chi connectivity index (χ0) is 14.8. The second-order valence-corrected chi connectivity index (χ2v) is 7.64. The molecule has 1 aliphatic rings. The molecule has 1 aromatic carbocycles. The third-order valence-corrected chi connectivity index (χ3v) is 4.87. The van der Waals surface area contributed by atoms with Crippen molar-refractivity contribution in [1.82, 2.24) is 0 Å². The summed E-state index contributed by atoms with van der Waals surface area (Å²) in [5, 5.41) is 0. The van der Waals surface area contributed by atoms with Crippen molar-refractivity contribution in [3.63, 3.8) is 0 Å². The van der Waals surface area contributed by atoms with Crippen LogP contribution in [0, 0.1) is 5.41 Å². The number of rotatable bonds is 3. The van der Waals surface area contributed by atoms with E-state index in [-0.39, 0.29) is 11.5 Å². The van der Waals surface area contributed by atoms with Crippen molar-refractivity contribution in [3.8, 4) is 11.5 Å². The molecule has 1 heterocycles. The first-order valence-electron chi connectivity index (χ1n) is 6.91. The van der Waals surface area contributed by atoms with E-state index in [0.29, 0.717) is 24.7 Å². The summed E-state index contributed by atoms with van der Waals surface area (Å²) >= 11 is 0. The molecule has 0 fully saturated rings. The first-order valence-corrected chi connectivity index (χ1v) is 8.23. The van der Waals surface area contributed by atoms with Crippen molar-refractivity contribution in [3.05, 3.63) is 18.2 Å². The number of benzene rings is 1. The van der Waals surface area contributed by atoms with Gasteiger partial charge in [-0.25, -0.2) is 0 Å². The average molecular weight is 297 g/mol. The van der Waals surface area contributed by atoms with E-state index in [1.807, 2.05) is 18.2 Å². The molecule has 112 valence electrons. The van der Waals surface area contributed by atoms with E-state index < -0.39 is 10.8 Å². The Morgan fingerprint density at radius 3 is 2.55 bits per heavy atom. The van der Waals surface area contributed by atoms with Gasteiger partial charge >= 0.3 is 0 Å². The maximum atomic E-state index is 12.4. The summed E-state index contributed by atoms with van der Waals surface area (Å²) in [6, 6.07) is 5.36. The Labute approximate surface area is 123 Å². The third kappa shape index (κ3) is 3.73. The van der Waals surface area contributed by atoms with Crippen LogP contribution >= 0.6 is 0 Å². The lowest BCUT2D eigenvalue weighted by Crippen LogP contribution is -2.39. The van der Waals surface area contributed by atoms with Crippen LogP contribution in [-0.4, -0.2) is 29.2 Å². The summed E-state index contributed by atoms with van der Waals surface area (Å²) < 4.78 is 23.6. The van der Waals surface area contributed by atoms with Crippen LogP contribution in [0.3, 0.4) is 0 Å². The Morgan fingerprint density at radius 1 is 1.25 bits per heavy atom. The zero-order valence-corrected chi connectivity index (χ0v) is 13.2. The van der Waals surface area contributed by atoms with E-state index in [1.54, 1.807) is 0 Å². The molecule has 0 saturated carbocycles.